The maximum atomic E-state index is 10.3. The van der Waals surface area contributed by atoms with Crippen LogP contribution in [0.3, 0.4) is 0 Å². The van der Waals surface area contributed by atoms with Crippen LogP contribution in [0.5, 0.6) is 0 Å². The topological polar surface area (TPSA) is 72.9 Å². The number of carbonyl (C=O) groups is 1. The number of aliphatic hydroxyl groups excluding tert-OH is 1. The van der Waals surface area contributed by atoms with Gasteiger partial charge in [-0.15, -0.1) is 0 Å². The second kappa shape index (κ2) is 12.7. The van der Waals surface area contributed by atoms with Crippen molar-refractivity contribution >= 4 is 5.97 Å². The van der Waals surface area contributed by atoms with Gasteiger partial charge in [0.15, 0.2) is 0 Å². The van der Waals surface area contributed by atoms with E-state index < -0.39 is 5.97 Å². The number of allylic oxidation sites excluding steroid dienone is 6. The lowest BCUT2D eigenvalue weighted by Gasteiger charge is -2.02. The highest BCUT2D eigenvalue weighted by atomic mass is 16.6. The first-order valence-corrected chi connectivity index (χ1v) is 8.85. The first-order chi connectivity index (χ1) is 11.6. The normalized spacial score (nSPS) is 22.2. The lowest BCUT2D eigenvalue weighted by Crippen LogP contribution is -2.21. The molecule has 1 N–H and O–H groups in total. The number of rotatable bonds is 13. The van der Waals surface area contributed by atoms with E-state index in [1.165, 1.54) is 6.42 Å². The molecule has 1 aliphatic heterocycles. The molecule has 0 radical (unpaired) electrons. The molecule has 0 unspecified atom stereocenters. The minimum Gasteiger partial charge on any atom is -0.550 e. The largest absolute Gasteiger partial charge is 0.550 e. The fourth-order valence-electron chi connectivity index (χ4n) is 2.33. The average Bonchev–Trinajstić information content (AvgIpc) is 3.28. The molecule has 0 amide bonds. The summed E-state index contributed by atoms with van der Waals surface area (Å²) in [5, 5.41) is 20.0. The molecule has 134 valence electrons. The summed E-state index contributed by atoms with van der Waals surface area (Å²) in [5.41, 5.74) is 0. The van der Waals surface area contributed by atoms with Gasteiger partial charge in [-0.25, -0.2) is 0 Å². The molecule has 4 nitrogen and oxygen atoms in total. The zero-order chi connectivity index (χ0) is 17.6. The van der Waals surface area contributed by atoms with E-state index >= 15 is 0 Å². The van der Waals surface area contributed by atoms with E-state index in [0.717, 1.165) is 25.7 Å². The molecule has 0 aromatic rings. The third-order valence-electron chi connectivity index (χ3n) is 3.78. The van der Waals surface area contributed by atoms with Crippen molar-refractivity contribution in [2.45, 2.75) is 70.2 Å². The van der Waals surface area contributed by atoms with E-state index in [2.05, 4.69) is 6.92 Å². The van der Waals surface area contributed by atoms with E-state index in [4.69, 9.17) is 4.74 Å². The summed E-state index contributed by atoms with van der Waals surface area (Å²) in [6.45, 7) is 2.15. The number of unbranched alkanes of at least 4 members (excludes halogenated alkanes) is 2. The van der Waals surface area contributed by atoms with Crippen molar-refractivity contribution in [3.8, 4) is 0 Å². The summed E-state index contributed by atoms with van der Waals surface area (Å²) in [4.78, 5) is 10.3. The second-order valence-corrected chi connectivity index (χ2v) is 6.01. The Bertz CT molecular complexity index is 462. The summed E-state index contributed by atoms with van der Waals surface area (Å²) in [5.74, 6) is -1.00. The molecule has 1 fully saturated rings. The summed E-state index contributed by atoms with van der Waals surface area (Å²) in [6, 6.07) is 0. The van der Waals surface area contributed by atoms with Gasteiger partial charge in [0.25, 0.3) is 0 Å². The third-order valence-corrected chi connectivity index (χ3v) is 3.78. The summed E-state index contributed by atoms with van der Waals surface area (Å²) < 4.78 is 5.42. The van der Waals surface area contributed by atoms with Gasteiger partial charge >= 0.3 is 0 Å². The Kier molecular flexibility index (Phi) is 10.8. The highest BCUT2D eigenvalue weighted by Gasteiger charge is 2.35. The van der Waals surface area contributed by atoms with Crippen LogP contribution < -0.4 is 5.11 Å². The van der Waals surface area contributed by atoms with Gasteiger partial charge in [-0.1, -0.05) is 74.8 Å². The molecule has 24 heavy (non-hydrogen) atoms. The molecular weight excluding hydrogens is 304 g/mol. The molecule has 4 heteroatoms. The Balaban J connectivity index is 2.07. The summed E-state index contributed by atoms with van der Waals surface area (Å²) >= 11 is 0. The van der Waals surface area contributed by atoms with Crippen LogP contribution in [0.1, 0.15) is 51.9 Å². The van der Waals surface area contributed by atoms with Crippen molar-refractivity contribution in [3.05, 3.63) is 48.6 Å². The number of hydrogen-bond acceptors (Lipinski definition) is 4. The van der Waals surface area contributed by atoms with Crippen LogP contribution in [-0.4, -0.2) is 29.4 Å². The minimum atomic E-state index is -1.00. The molecule has 1 aliphatic rings. The molecule has 0 aliphatic carbocycles. The van der Waals surface area contributed by atoms with Gasteiger partial charge in [0, 0.05) is 5.97 Å². The molecular formula is C20H29O4-. The number of aliphatic carboxylic acids is 1. The Hall–Kier alpha value is -1.65. The van der Waals surface area contributed by atoms with Crippen molar-refractivity contribution < 1.29 is 19.7 Å². The zero-order valence-corrected chi connectivity index (χ0v) is 14.5. The smallest absolute Gasteiger partial charge is 0.103 e. The standard InChI is InChI=1S/C20H30O4/c1-2-3-8-12-17(21)13-9-6-4-5-7-10-14-18-19(24-18)15-11-16-20(22)23/h4-7,9-10,13-14,17-19,21H,2-3,8,11-12,15-16H2,1H3,(H,22,23)/p-1/b6-4-,7-5+,13-9+,14-10+/t17-,18-,19+/m0/s1. The van der Waals surface area contributed by atoms with Gasteiger partial charge in [-0.2, -0.15) is 0 Å². The van der Waals surface area contributed by atoms with Crippen LogP contribution in [0.15, 0.2) is 48.6 Å². The number of ether oxygens (including phenoxy) is 1. The molecule has 0 spiro atoms. The van der Waals surface area contributed by atoms with Crippen LogP contribution in [0.2, 0.25) is 0 Å². The maximum Gasteiger partial charge on any atom is 0.103 e. The van der Waals surface area contributed by atoms with Crippen LogP contribution in [0.4, 0.5) is 0 Å². The summed E-state index contributed by atoms with van der Waals surface area (Å²) in [6.07, 6.45) is 20.8. The molecule has 0 aromatic heterocycles. The van der Waals surface area contributed by atoms with Crippen molar-refractivity contribution in [2.75, 3.05) is 0 Å². The van der Waals surface area contributed by atoms with E-state index in [1.807, 2.05) is 48.6 Å². The molecule has 3 atom stereocenters. The predicted molar refractivity (Wildman–Crippen MR) is 94.2 cm³/mol. The van der Waals surface area contributed by atoms with Gasteiger partial charge in [0.2, 0.25) is 0 Å². The number of carboxylic acid groups (broad SMARTS) is 1. The van der Waals surface area contributed by atoms with Gasteiger partial charge in [0.1, 0.15) is 6.10 Å². The SMILES string of the molecule is CCCCC[C@H](O)/C=C/C=C\C=C\C=C\[C@@H]1O[C@@H]1CCCC(=O)[O-]. The van der Waals surface area contributed by atoms with Gasteiger partial charge in [-0.05, 0) is 25.7 Å². The van der Waals surface area contributed by atoms with Gasteiger partial charge < -0.3 is 19.7 Å². The first-order valence-electron chi connectivity index (χ1n) is 8.85. The fraction of sp³-hybridized carbons (Fsp3) is 0.550. The van der Waals surface area contributed by atoms with Gasteiger partial charge in [-0.3, -0.25) is 0 Å². The van der Waals surface area contributed by atoms with Crippen molar-refractivity contribution in [1.29, 1.82) is 0 Å². The van der Waals surface area contributed by atoms with Crippen LogP contribution >= 0.6 is 0 Å². The van der Waals surface area contributed by atoms with Crippen molar-refractivity contribution in [2.24, 2.45) is 0 Å². The number of aliphatic hydroxyl groups is 1. The monoisotopic (exact) mass is 333 g/mol. The van der Waals surface area contributed by atoms with Crippen LogP contribution in [0.25, 0.3) is 0 Å². The van der Waals surface area contributed by atoms with Crippen LogP contribution in [0, 0.1) is 0 Å². The van der Waals surface area contributed by atoms with E-state index in [1.54, 1.807) is 0 Å². The Morgan fingerprint density at radius 1 is 1.12 bits per heavy atom. The lowest BCUT2D eigenvalue weighted by molar-refractivity contribution is -0.305. The third kappa shape index (κ3) is 11.0. The average molecular weight is 333 g/mol. The highest BCUT2D eigenvalue weighted by molar-refractivity contribution is 5.64. The molecule has 0 saturated carbocycles. The molecule has 0 aromatic carbocycles. The number of carboxylic acids is 1. The highest BCUT2D eigenvalue weighted by Crippen LogP contribution is 2.28. The quantitative estimate of drug-likeness (QED) is 0.319. The molecule has 0 bridgehead atoms. The fourth-order valence-corrected chi connectivity index (χ4v) is 2.33. The Labute approximate surface area is 145 Å². The summed E-state index contributed by atoms with van der Waals surface area (Å²) in [7, 11) is 0. The number of hydrogen-bond donors (Lipinski definition) is 1. The minimum absolute atomic E-state index is 0.0990. The maximum absolute atomic E-state index is 10.3. The van der Waals surface area contributed by atoms with Crippen molar-refractivity contribution in [1.82, 2.24) is 0 Å². The van der Waals surface area contributed by atoms with Crippen LogP contribution in [-0.2, 0) is 9.53 Å². The Morgan fingerprint density at radius 2 is 1.83 bits per heavy atom. The molecule has 1 heterocycles. The molecule has 1 saturated heterocycles. The number of epoxide rings is 1. The second-order valence-electron chi connectivity index (χ2n) is 6.01. The Morgan fingerprint density at radius 3 is 2.54 bits per heavy atom. The lowest BCUT2D eigenvalue weighted by atomic mass is 10.1. The molecule has 1 rings (SSSR count). The number of carbonyl (C=O) groups excluding carboxylic acids is 1. The van der Waals surface area contributed by atoms with E-state index in [9.17, 15) is 15.0 Å². The first kappa shape index (κ1) is 20.4. The van der Waals surface area contributed by atoms with E-state index in [0.29, 0.717) is 6.42 Å². The van der Waals surface area contributed by atoms with Crippen molar-refractivity contribution in [3.63, 3.8) is 0 Å². The predicted octanol–water partition coefficient (Wildman–Crippen LogP) is 2.84. The van der Waals surface area contributed by atoms with Gasteiger partial charge in [0.05, 0.1) is 12.2 Å². The van der Waals surface area contributed by atoms with E-state index in [-0.39, 0.29) is 24.7 Å². The zero-order valence-electron chi connectivity index (χ0n) is 14.5.